The van der Waals surface area contributed by atoms with Crippen LogP contribution in [0.1, 0.15) is 49.1 Å². The molecule has 1 N–H and O–H groups in total. The van der Waals surface area contributed by atoms with Crippen molar-refractivity contribution in [2.24, 2.45) is 17.8 Å². The SMILES string of the molecule is O=C(NC12CC3CC(CC(C3)C1)C2)c1nc(Cl)c2ccccn12. The van der Waals surface area contributed by atoms with Crippen LogP contribution in [0, 0.1) is 17.8 Å². The summed E-state index contributed by atoms with van der Waals surface area (Å²) in [5.41, 5.74) is 0.781. The summed E-state index contributed by atoms with van der Waals surface area (Å²) in [6, 6.07) is 5.69. The highest BCUT2D eigenvalue weighted by molar-refractivity contribution is 6.33. The maximum Gasteiger partial charge on any atom is 0.288 e. The van der Waals surface area contributed by atoms with Crippen molar-refractivity contribution in [2.45, 2.75) is 44.1 Å². The summed E-state index contributed by atoms with van der Waals surface area (Å²) in [6.45, 7) is 0. The Balaban J connectivity index is 1.47. The van der Waals surface area contributed by atoms with Crippen LogP contribution in [0.2, 0.25) is 5.15 Å². The Kier molecular flexibility index (Phi) is 2.85. The maximum absolute atomic E-state index is 12.9. The minimum atomic E-state index is -0.0833. The predicted molar refractivity (Wildman–Crippen MR) is 88.6 cm³/mol. The summed E-state index contributed by atoms with van der Waals surface area (Å²) in [5.74, 6) is 2.74. The Labute approximate surface area is 140 Å². The van der Waals surface area contributed by atoms with Crippen LogP contribution >= 0.6 is 11.6 Å². The van der Waals surface area contributed by atoms with Gasteiger partial charge in [0.1, 0.15) is 0 Å². The first-order valence-corrected chi connectivity index (χ1v) is 8.95. The van der Waals surface area contributed by atoms with Gasteiger partial charge in [-0.3, -0.25) is 9.20 Å². The van der Waals surface area contributed by atoms with Crippen molar-refractivity contribution in [1.82, 2.24) is 14.7 Å². The highest BCUT2D eigenvalue weighted by Crippen LogP contribution is 2.55. The first-order valence-electron chi connectivity index (χ1n) is 8.57. The topological polar surface area (TPSA) is 46.4 Å². The van der Waals surface area contributed by atoms with E-state index in [-0.39, 0.29) is 11.4 Å². The summed E-state index contributed by atoms with van der Waals surface area (Å²) in [7, 11) is 0. The number of nitrogens with one attached hydrogen (secondary N) is 1. The number of rotatable bonds is 2. The molecule has 1 amide bonds. The molecule has 0 aliphatic heterocycles. The lowest BCUT2D eigenvalue weighted by molar-refractivity contribution is -0.0168. The molecule has 0 saturated heterocycles. The lowest BCUT2D eigenvalue weighted by Gasteiger charge is -2.56. The van der Waals surface area contributed by atoms with E-state index in [0.29, 0.717) is 11.0 Å². The number of amides is 1. The third kappa shape index (κ3) is 2.11. The van der Waals surface area contributed by atoms with Gasteiger partial charge in [0.2, 0.25) is 5.82 Å². The van der Waals surface area contributed by atoms with E-state index in [0.717, 1.165) is 42.5 Å². The molecule has 4 bridgehead atoms. The average molecular weight is 330 g/mol. The summed E-state index contributed by atoms with van der Waals surface area (Å²) < 4.78 is 1.79. The zero-order valence-corrected chi connectivity index (χ0v) is 13.7. The molecule has 23 heavy (non-hydrogen) atoms. The van der Waals surface area contributed by atoms with Crippen LogP contribution in [0.15, 0.2) is 24.4 Å². The minimum Gasteiger partial charge on any atom is -0.344 e. The Morgan fingerprint density at radius 1 is 1.17 bits per heavy atom. The zero-order valence-electron chi connectivity index (χ0n) is 13.0. The number of carbonyl (C=O) groups excluding carboxylic acids is 1. The highest BCUT2D eigenvalue weighted by atomic mass is 35.5. The monoisotopic (exact) mass is 329 g/mol. The second kappa shape index (κ2) is 4.73. The molecule has 4 aliphatic carbocycles. The summed E-state index contributed by atoms with van der Waals surface area (Å²) in [4.78, 5) is 17.2. The van der Waals surface area contributed by atoms with Crippen molar-refractivity contribution in [2.75, 3.05) is 0 Å². The first-order chi connectivity index (χ1) is 11.1. The molecule has 2 aromatic rings. The van der Waals surface area contributed by atoms with Gasteiger partial charge in [0.25, 0.3) is 5.91 Å². The molecule has 0 spiro atoms. The Morgan fingerprint density at radius 3 is 2.48 bits per heavy atom. The quantitative estimate of drug-likeness (QED) is 0.913. The van der Waals surface area contributed by atoms with E-state index in [4.69, 9.17) is 11.6 Å². The van der Waals surface area contributed by atoms with Gasteiger partial charge >= 0.3 is 0 Å². The molecule has 4 fully saturated rings. The van der Waals surface area contributed by atoms with E-state index in [1.165, 1.54) is 19.3 Å². The van der Waals surface area contributed by atoms with Crippen LogP contribution in [-0.2, 0) is 0 Å². The number of carbonyl (C=O) groups is 1. The number of pyridine rings is 1. The molecular formula is C18H20ClN3O. The normalized spacial score (nSPS) is 34.9. The Bertz CT molecular complexity index is 761. The third-order valence-electron chi connectivity index (χ3n) is 6.12. The van der Waals surface area contributed by atoms with E-state index in [9.17, 15) is 4.79 Å². The molecule has 4 aliphatic rings. The smallest absolute Gasteiger partial charge is 0.288 e. The van der Waals surface area contributed by atoms with Gasteiger partial charge in [-0.1, -0.05) is 17.7 Å². The number of aromatic nitrogens is 2. The van der Waals surface area contributed by atoms with Gasteiger partial charge in [-0.2, -0.15) is 0 Å². The summed E-state index contributed by atoms with van der Waals surface area (Å²) >= 11 is 6.19. The van der Waals surface area contributed by atoms with Crippen molar-refractivity contribution in [3.8, 4) is 0 Å². The molecule has 2 aromatic heterocycles. The van der Waals surface area contributed by atoms with Crippen LogP contribution in [-0.4, -0.2) is 20.8 Å². The maximum atomic E-state index is 12.9. The molecule has 120 valence electrons. The van der Waals surface area contributed by atoms with E-state index >= 15 is 0 Å². The van der Waals surface area contributed by atoms with Crippen LogP contribution in [0.5, 0.6) is 0 Å². The molecule has 0 radical (unpaired) electrons. The fourth-order valence-electron chi connectivity index (χ4n) is 5.72. The molecule has 0 atom stereocenters. The number of halogens is 1. The van der Waals surface area contributed by atoms with Crippen LogP contribution in [0.25, 0.3) is 5.52 Å². The summed E-state index contributed by atoms with van der Waals surface area (Å²) in [5, 5.41) is 3.76. The second-order valence-electron chi connectivity index (χ2n) is 7.83. The number of imidazole rings is 1. The number of hydrogen-bond acceptors (Lipinski definition) is 2. The molecule has 4 nitrogen and oxygen atoms in total. The van der Waals surface area contributed by atoms with Crippen molar-refractivity contribution >= 4 is 23.0 Å². The van der Waals surface area contributed by atoms with Gasteiger partial charge in [-0.05, 0) is 68.4 Å². The fourth-order valence-corrected chi connectivity index (χ4v) is 5.95. The summed E-state index contributed by atoms with van der Waals surface area (Å²) in [6.07, 6.45) is 9.38. The van der Waals surface area contributed by atoms with Gasteiger partial charge in [0.15, 0.2) is 5.15 Å². The van der Waals surface area contributed by atoms with E-state index in [1.807, 2.05) is 24.4 Å². The minimum absolute atomic E-state index is 0.00107. The number of nitrogens with zero attached hydrogens (tertiary/aromatic N) is 2. The van der Waals surface area contributed by atoms with Gasteiger partial charge in [-0.15, -0.1) is 0 Å². The van der Waals surface area contributed by atoms with E-state index in [2.05, 4.69) is 10.3 Å². The van der Waals surface area contributed by atoms with Crippen molar-refractivity contribution in [3.63, 3.8) is 0 Å². The molecule has 4 saturated carbocycles. The first kappa shape index (κ1) is 13.8. The second-order valence-corrected chi connectivity index (χ2v) is 8.19. The largest absolute Gasteiger partial charge is 0.344 e. The number of fused-ring (bicyclic) bond motifs is 1. The molecule has 0 unspecified atom stereocenters. The van der Waals surface area contributed by atoms with Gasteiger partial charge < -0.3 is 5.32 Å². The zero-order chi connectivity index (χ0) is 15.6. The van der Waals surface area contributed by atoms with Crippen LogP contribution in [0.3, 0.4) is 0 Å². The lowest BCUT2D eigenvalue weighted by Crippen LogP contribution is -2.60. The molecule has 2 heterocycles. The van der Waals surface area contributed by atoms with E-state index in [1.54, 1.807) is 4.40 Å². The third-order valence-corrected chi connectivity index (χ3v) is 6.40. The van der Waals surface area contributed by atoms with E-state index < -0.39 is 0 Å². The fraction of sp³-hybridized carbons (Fsp3) is 0.556. The lowest BCUT2D eigenvalue weighted by atomic mass is 9.53. The van der Waals surface area contributed by atoms with Crippen molar-refractivity contribution in [1.29, 1.82) is 0 Å². The van der Waals surface area contributed by atoms with Gasteiger partial charge in [0.05, 0.1) is 5.52 Å². The number of hydrogen-bond donors (Lipinski definition) is 1. The molecular weight excluding hydrogens is 310 g/mol. The van der Waals surface area contributed by atoms with Crippen molar-refractivity contribution in [3.05, 3.63) is 35.4 Å². The van der Waals surface area contributed by atoms with Crippen LogP contribution < -0.4 is 5.32 Å². The molecule has 0 aromatic carbocycles. The average Bonchev–Trinajstić information content (AvgIpc) is 2.83. The van der Waals surface area contributed by atoms with Gasteiger partial charge in [0, 0.05) is 11.7 Å². The highest BCUT2D eigenvalue weighted by Gasteiger charge is 2.51. The van der Waals surface area contributed by atoms with Crippen molar-refractivity contribution < 1.29 is 4.79 Å². The molecule has 6 rings (SSSR count). The van der Waals surface area contributed by atoms with Crippen LogP contribution in [0.4, 0.5) is 0 Å². The Hall–Kier alpha value is -1.55. The standard InChI is InChI=1S/C18H20ClN3O/c19-15-14-3-1-2-4-22(14)16(20-15)17(23)21-18-8-11-5-12(9-18)7-13(6-11)10-18/h1-4,11-13H,5-10H2,(H,21,23). The molecule has 5 heteroatoms. The Morgan fingerprint density at radius 2 is 1.83 bits per heavy atom. The van der Waals surface area contributed by atoms with Gasteiger partial charge in [-0.25, -0.2) is 4.98 Å². The predicted octanol–water partition coefficient (Wildman–Crippen LogP) is 3.69.